The summed E-state index contributed by atoms with van der Waals surface area (Å²) < 4.78 is 5.40. The van der Waals surface area contributed by atoms with Crippen molar-refractivity contribution in [1.82, 2.24) is 10.3 Å². The van der Waals surface area contributed by atoms with Gasteiger partial charge in [-0.1, -0.05) is 61.2 Å². The third-order valence-corrected chi connectivity index (χ3v) is 6.16. The summed E-state index contributed by atoms with van der Waals surface area (Å²) in [4.78, 5) is 19.2. The van der Waals surface area contributed by atoms with Crippen molar-refractivity contribution in [3.8, 4) is 6.07 Å². The largest absolute Gasteiger partial charge is 0.444 e. The van der Waals surface area contributed by atoms with E-state index in [4.69, 9.17) is 21.3 Å². The Morgan fingerprint density at radius 1 is 1.24 bits per heavy atom. The number of allylic oxidation sites excluding steroid dienone is 4. The van der Waals surface area contributed by atoms with Gasteiger partial charge in [0.15, 0.2) is 0 Å². The van der Waals surface area contributed by atoms with Crippen LogP contribution in [-0.2, 0) is 4.74 Å². The SMILES string of the molecule is C=C/C(Cl)=C\C=C(/C=C)CNc1nc2ccccc2c(N2CCC(NC(=O)OC(C)(C)C)CC2)c1C#N. The Morgan fingerprint density at radius 2 is 1.95 bits per heavy atom. The Balaban J connectivity index is 1.85. The molecule has 0 saturated carbocycles. The Labute approximate surface area is 224 Å². The molecule has 2 aromatic rings. The van der Waals surface area contributed by atoms with E-state index in [2.05, 4.69) is 34.8 Å². The number of halogens is 1. The van der Waals surface area contributed by atoms with Gasteiger partial charge in [-0.3, -0.25) is 0 Å². The van der Waals surface area contributed by atoms with Crippen LogP contribution in [0, 0.1) is 11.3 Å². The highest BCUT2D eigenvalue weighted by Crippen LogP contribution is 2.35. The first-order valence-corrected chi connectivity index (χ1v) is 12.7. The summed E-state index contributed by atoms with van der Waals surface area (Å²) in [7, 11) is 0. The van der Waals surface area contributed by atoms with Crippen molar-refractivity contribution in [1.29, 1.82) is 5.26 Å². The van der Waals surface area contributed by atoms with Gasteiger partial charge in [-0.15, -0.1) is 0 Å². The molecular weight excluding hydrogens is 486 g/mol. The fraction of sp³-hybridized carbons (Fsp3) is 0.345. The molecule has 3 rings (SSSR count). The van der Waals surface area contributed by atoms with Crippen molar-refractivity contribution in [2.75, 3.05) is 29.9 Å². The summed E-state index contributed by atoms with van der Waals surface area (Å²) in [6, 6.07) is 10.2. The zero-order valence-corrected chi connectivity index (χ0v) is 22.4. The average Bonchev–Trinajstić information content (AvgIpc) is 2.87. The number of nitrogens with zero attached hydrogens (tertiary/aromatic N) is 3. The lowest BCUT2D eigenvalue weighted by Crippen LogP contribution is -2.46. The van der Waals surface area contributed by atoms with E-state index >= 15 is 0 Å². The third kappa shape index (κ3) is 7.61. The number of hydrogen-bond acceptors (Lipinski definition) is 6. The molecule has 1 amide bonds. The zero-order chi connectivity index (χ0) is 27.0. The van der Waals surface area contributed by atoms with Gasteiger partial charge in [0.1, 0.15) is 23.1 Å². The number of carbonyl (C=O) groups is 1. The molecule has 1 aliphatic rings. The molecule has 1 aromatic heterocycles. The van der Waals surface area contributed by atoms with Crippen LogP contribution in [0.25, 0.3) is 10.9 Å². The van der Waals surface area contributed by atoms with Crippen LogP contribution in [0.2, 0.25) is 0 Å². The van der Waals surface area contributed by atoms with E-state index in [0.29, 0.717) is 36.0 Å². The number of para-hydroxylation sites is 1. The number of pyridine rings is 1. The molecular formula is C29H34ClN5O2. The van der Waals surface area contributed by atoms with Gasteiger partial charge in [0, 0.05) is 36.1 Å². The summed E-state index contributed by atoms with van der Waals surface area (Å²) in [6.07, 6.45) is 7.95. The topological polar surface area (TPSA) is 90.3 Å². The van der Waals surface area contributed by atoms with Gasteiger partial charge >= 0.3 is 6.09 Å². The highest BCUT2D eigenvalue weighted by Gasteiger charge is 2.27. The molecule has 0 aliphatic carbocycles. The number of rotatable bonds is 8. The maximum Gasteiger partial charge on any atom is 0.407 e. The highest BCUT2D eigenvalue weighted by atomic mass is 35.5. The monoisotopic (exact) mass is 519 g/mol. The van der Waals surface area contributed by atoms with Crippen LogP contribution in [-0.4, -0.2) is 42.4 Å². The van der Waals surface area contributed by atoms with Crippen LogP contribution in [0.15, 0.2) is 72.3 Å². The van der Waals surface area contributed by atoms with Gasteiger partial charge in [-0.25, -0.2) is 9.78 Å². The Morgan fingerprint density at radius 3 is 2.57 bits per heavy atom. The Bertz CT molecular complexity index is 1260. The molecule has 0 spiro atoms. The fourth-order valence-corrected chi connectivity index (χ4v) is 4.18. The zero-order valence-electron chi connectivity index (χ0n) is 21.7. The maximum absolute atomic E-state index is 12.2. The summed E-state index contributed by atoms with van der Waals surface area (Å²) in [6.45, 7) is 14.8. The van der Waals surface area contributed by atoms with E-state index in [9.17, 15) is 10.1 Å². The minimum absolute atomic E-state index is 0.0121. The van der Waals surface area contributed by atoms with Gasteiger partial charge in [0.25, 0.3) is 0 Å². The normalized spacial score (nSPS) is 15.2. The number of aromatic nitrogens is 1. The van der Waals surface area contributed by atoms with Crippen LogP contribution in [0.5, 0.6) is 0 Å². The third-order valence-electron chi connectivity index (χ3n) is 5.88. The van der Waals surface area contributed by atoms with Gasteiger partial charge in [-0.05, 0) is 51.3 Å². The second-order valence-corrected chi connectivity index (χ2v) is 10.2. The average molecular weight is 520 g/mol. The van der Waals surface area contributed by atoms with Crippen LogP contribution in [0.1, 0.15) is 39.2 Å². The number of benzene rings is 1. The number of amides is 1. The molecule has 0 atom stereocenters. The van der Waals surface area contributed by atoms with E-state index in [1.807, 2.05) is 51.1 Å². The molecule has 0 radical (unpaired) electrons. The first kappa shape index (κ1) is 27.8. The minimum Gasteiger partial charge on any atom is -0.444 e. The van der Waals surface area contributed by atoms with Gasteiger partial charge in [-0.2, -0.15) is 5.26 Å². The Hall–Kier alpha value is -3.76. The number of nitrogens with one attached hydrogen (secondary N) is 2. The fourth-order valence-electron chi connectivity index (χ4n) is 4.12. The highest BCUT2D eigenvalue weighted by molar-refractivity contribution is 6.31. The molecule has 37 heavy (non-hydrogen) atoms. The number of ether oxygens (including phenoxy) is 1. The molecule has 0 bridgehead atoms. The van der Waals surface area contributed by atoms with Gasteiger partial charge in [0.2, 0.25) is 0 Å². The number of fused-ring (bicyclic) bond motifs is 1. The molecule has 2 heterocycles. The van der Waals surface area contributed by atoms with Gasteiger partial charge < -0.3 is 20.3 Å². The van der Waals surface area contributed by atoms with Crippen molar-refractivity contribution in [2.45, 2.75) is 45.3 Å². The first-order chi connectivity index (χ1) is 17.6. The number of nitriles is 1. The molecule has 2 N–H and O–H groups in total. The standard InChI is InChI=1S/C29H34ClN5O2/c1-6-20(12-13-21(30)7-2)19-32-27-24(18-31)26(23-10-8-9-11-25(23)34-27)35-16-14-22(15-17-35)33-28(36)37-29(3,4)5/h6-13,22H,1-2,14-17,19H2,3-5H3,(H,32,34)(H,33,36)/b20-12+,21-13+. The van der Waals surface area contributed by atoms with E-state index in [1.54, 1.807) is 18.2 Å². The van der Waals surface area contributed by atoms with Crippen LogP contribution in [0.3, 0.4) is 0 Å². The molecule has 1 aromatic carbocycles. The van der Waals surface area contributed by atoms with Crippen molar-refractivity contribution in [3.63, 3.8) is 0 Å². The molecule has 0 unspecified atom stereocenters. The number of anilines is 2. The molecule has 194 valence electrons. The second-order valence-electron chi connectivity index (χ2n) is 9.78. The predicted molar refractivity (Wildman–Crippen MR) is 152 cm³/mol. The number of alkyl carbamates (subject to hydrolysis) is 1. The molecule has 8 heteroatoms. The minimum atomic E-state index is -0.541. The lowest BCUT2D eigenvalue weighted by molar-refractivity contribution is 0.0497. The van der Waals surface area contributed by atoms with E-state index in [0.717, 1.165) is 35.0 Å². The van der Waals surface area contributed by atoms with Crippen molar-refractivity contribution < 1.29 is 9.53 Å². The molecule has 1 aliphatic heterocycles. The number of hydrogen-bond donors (Lipinski definition) is 2. The Kier molecular flexibility index (Phi) is 9.37. The van der Waals surface area contributed by atoms with E-state index in [-0.39, 0.29) is 6.04 Å². The predicted octanol–water partition coefficient (Wildman–Crippen LogP) is 6.43. The van der Waals surface area contributed by atoms with E-state index in [1.165, 1.54) is 0 Å². The van der Waals surface area contributed by atoms with Crippen molar-refractivity contribution >= 4 is 40.1 Å². The maximum atomic E-state index is 12.2. The summed E-state index contributed by atoms with van der Waals surface area (Å²) >= 11 is 6.02. The first-order valence-electron chi connectivity index (χ1n) is 12.3. The smallest absolute Gasteiger partial charge is 0.407 e. The van der Waals surface area contributed by atoms with Crippen LogP contribution < -0.4 is 15.5 Å². The molecule has 1 fully saturated rings. The van der Waals surface area contributed by atoms with Crippen molar-refractivity contribution in [2.24, 2.45) is 0 Å². The van der Waals surface area contributed by atoms with Gasteiger partial charge in [0.05, 0.1) is 11.2 Å². The van der Waals surface area contributed by atoms with Crippen LogP contribution in [0.4, 0.5) is 16.3 Å². The van der Waals surface area contributed by atoms with Crippen molar-refractivity contribution in [3.05, 3.63) is 77.9 Å². The number of piperidine rings is 1. The van der Waals surface area contributed by atoms with Crippen LogP contribution >= 0.6 is 11.6 Å². The number of carbonyl (C=O) groups excluding carboxylic acids is 1. The molecule has 7 nitrogen and oxygen atoms in total. The summed E-state index contributed by atoms with van der Waals surface area (Å²) in [5.41, 5.74) is 2.48. The lowest BCUT2D eigenvalue weighted by atomic mass is 10.0. The second kappa shape index (κ2) is 12.5. The van der Waals surface area contributed by atoms with E-state index < -0.39 is 11.7 Å². The summed E-state index contributed by atoms with van der Waals surface area (Å²) in [5, 5.41) is 17.9. The summed E-state index contributed by atoms with van der Waals surface area (Å²) in [5.74, 6) is 0.511. The quantitative estimate of drug-likeness (QED) is 0.390. The molecule has 1 saturated heterocycles. The lowest BCUT2D eigenvalue weighted by Gasteiger charge is -2.35.